The second kappa shape index (κ2) is 9.42. The highest BCUT2D eigenvalue weighted by molar-refractivity contribution is 5.81. The highest BCUT2D eigenvalue weighted by Gasteiger charge is 2.38. The summed E-state index contributed by atoms with van der Waals surface area (Å²) in [5.74, 6) is -0.465. The van der Waals surface area contributed by atoms with Crippen LogP contribution in [0.2, 0.25) is 0 Å². The molecule has 1 aromatic carbocycles. The molecule has 30 heavy (non-hydrogen) atoms. The van der Waals surface area contributed by atoms with Gasteiger partial charge in [-0.1, -0.05) is 37.6 Å². The molecule has 0 aliphatic rings. The minimum Gasteiger partial charge on any atom is -0.329 e. The minimum atomic E-state index is -4.65. The Labute approximate surface area is 173 Å². The van der Waals surface area contributed by atoms with Gasteiger partial charge in [0.2, 0.25) is 0 Å². The number of unbranched alkanes of at least 4 members (excludes halogenated alkanes) is 1. The molecule has 3 aromatic rings. The van der Waals surface area contributed by atoms with E-state index in [1.807, 2.05) is 18.2 Å². The van der Waals surface area contributed by atoms with E-state index < -0.39 is 12.1 Å². The van der Waals surface area contributed by atoms with Gasteiger partial charge in [-0.25, -0.2) is 4.98 Å². The van der Waals surface area contributed by atoms with Gasteiger partial charge in [0.05, 0.1) is 11.0 Å². The topological polar surface area (TPSA) is 60.0 Å². The molecule has 0 atom stereocenters. The maximum atomic E-state index is 12.6. The number of alkyl halides is 3. The smallest absolute Gasteiger partial charge is 0.329 e. The molecule has 9 heteroatoms. The van der Waals surface area contributed by atoms with Crippen molar-refractivity contribution in [1.82, 2.24) is 24.6 Å². The van der Waals surface area contributed by atoms with Crippen LogP contribution in [0.25, 0.3) is 23.2 Å². The lowest BCUT2D eigenvalue weighted by molar-refractivity contribution is -0.159. The van der Waals surface area contributed by atoms with E-state index >= 15 is 0 Å². The molecular weight excluding hydrogens is 395 g/mol. The van der Waals surface area contributed by atoms with Crippen LogP contribution in [-0.2, 0) is 19.1 Å². The Hall–Kier alpha value is -2.68. The van der Waals surface area contributed by atoms with Crippen molar-refractivity contribution in [2.45, 2.75) is 45.8 Å². The molecule has 2 heterocycles. The van der Waals surface area contributed by atoms with Crippen molar-refractivity contribution in [2.75, 3.05) is 20.1 Å². The number of likely N-dealkylation sites (N-methyl/N-ethyl adjacent to an activating group) is 1. The van der Waals surface area contributed by atoms with Gasteiger partial charge in [-0.15, -0.1) is 0 Å². The van der Waals surface area contributed by atoms with E-state index in [2.05, 4.69) is 45.0 Å². The second-order valence-corrected chi connectivity index (χ2v) is 7.23. The van der Waals surface area contributed by atoms with E-state index in [0.717, 1.165) is 48.5 Å². The Morgan fingerprint density at radius 1 is 1.13 bits per heavy atom. The van der Waals surface area contributed by atoms with Crippen LogP contribution < -0.4 is 0 Å². The van der Waals surface area contributed by atoms with Crippen LogP contribution in [0.4, 0.5) is 13.2 Å². The average molecular weight is 421 g/mol. The summed E-state index contributed by atoms with van der Waals surface area (Å²) in [5, 5.41) is 3.34. The van der Waals surface area contributed by atoms with Gasteiger partial charge in [0.1, 0.15) is 5.82 Å². The van der Waals surface area contributed by atoms with Crippen LogP contribution >= 0.6 is 0 Å². The van der Waals surface area contributed by atoms with Gasteiger partial charge in [0.25, 0.3) is 0 Å². The summed E-state index contributed by atoms with van der Waals surface area (Å²) in [4.78, 5) is 10.4. The van der Waals surface area contributed by atoms with Crippen LogP contribution in [0.1, 0.15) is 49.8 Å². The Morgan fingerprint density at radius 2 is 1.93 bits per heavy atom. The van der Waals surface area contributed by atoms with Gasteiger partial charge < -0.3 is 14.0 Å². The fourth-order valence-corrected chi connectivity index (χ4v) is 3.22. The molecule has 0 fully saturated rings. The summed E-state index contributed by atoms with van der Waals surface area (Å²) in [6.45, 7) is 7.14. The summed E-state index contributed by atoms with van der Waals surface area (Å²) in [5.41, 5.74) is 2.70. The first-order chi connectivity index (χ1) is 14.3. The minimum absolute atomic E-state index is 0.127. The first kappa shape index (κ1) is 22.0. The van der Waals surface area contributed by atoms with Crippen molar-refractivity contribution in [3.05, 3.63) is 41.3 Å². The van der Waals surface area contributed by atoms with Crippen LogP contribution in [0.5, 0.6) is 0 Å². The van der Waals surface area contributed by atoms with E-state index in [-0.39, 0.29) is 5.82 Å². The first-order valence-corrected chi connectivity index (χ1v) is 10.1. The standard InChI is InChI=1S/C21H26F3N5O/c1-4-6-11-28(3)12-13-29-17-9-7-15(14-16(17)25-19(29)5-2)8-10-18-26-20(30-27-18)21(22,23)24/h7-10,14H,4-6,11-13H2,1-3H3/b10-8+. The Kier molecular flexibility index (Phi) is 6.91. The molecule has 0 amide bonds. The fourth-order valence-electron chi connectivity index (χ4n) is 3.22. The predicted molar refractivity (Wildman–Crippen MR) is 110 cm³/mol. The van der Waals surface area contributed by atoms with Crippen LogP contribution in [0.3, 0.4) is 0 Å². The largest absolute Gasteiger partial charge is 0.471 e. The Bertz CT molecular complexity index is 1010. The van der Waals surface area contributed by atoms with Crippen LogP contribution in [0, 0.1) is 0 Å². The molecule has 0 aliphatic carbocycles. The highest BCUT2D eigenvalue weighted by atomic mass is 19.4. The van der Waals surface area contributed by atoms with E-state index in [1.165, 1.54) is 18.9 Å². The van der Waals surface area contributed by atoms with Gasteiger partial charge in [-0.2, -0.15) is 18.2 Å². The molecule has 0 saturated heterocycles. The molecule has 0 N–H and O–H groups in total. The predicted octanol–water partition coefficient (Wildman–Crippen LogP) is 4.90. The summed E-state index contributed by atoms with van der Waals surface area (Å²) < 4.78 is 44.1. The zero-order valence-electron chi connectivity index (χ0n) is 17.4. The van der Waals surface area contributed by atoms with E-state index in [4.69, 9.17) is 4.98 Å². The number of hydrogen-bond acceptors (Lipinski definition) is 5. The van der Waals surface area contributed by atoms with Crippen molar-refractivity contribution in [3.8, 4) is 0 Å². The molecule has 0 bridgehead atoms. The van der Waals surface area contributed by atoms with Gasteiger partial charge in [0.15, 0.2) is 5.82 Å². The van der Waals surface area contributed by atoms with Crippen molar-refractivity contribution in [3.63, 3.8) is 0 Å². The lowest BCUT2D eigenvalue weighted by atomic mass is 10.2. The fraction of sp³-hybridized carbons (Fsp3) is 0.476. The highest BCUT2D eigenvalue weighted by Crippen LogP contribution is 2.27. The third kappa shape index (κ3) is 5.27. The van der Waals surface area contributed by atoms with Crippen molar-refractivity contribution in [1.29, 1.82) is 0 Å². The van der Waals surface area contributed by atoms with E-state index in [0.29, 0.717) is 0 Å². The van der Waals surface area contributed by atoms with Gasteiger partial charge >= 0.3 is 12.1 Å². The van der Waals surface area contributed by atoms with Crippen molar-refractivity contribution >= 4 is 23.2 Å². The molecule has 162 valence electrons. The zero-order chi connectivity index (χ0) is 21.7. The third-order valence-corrected chi connectivity index (χ3v) is 4.88. The van der Waals surface area contributed by atoms with Crippen LogP contribution in [-0.4, -0.2) is 44.7 Å². The molecule has 0 spiro atoms. The number of fused-ring (bicyclic) bond motifs is 1. The SMILES string of the molecule is CCCCN(C)CCn1c(CC)nc2cc(/C=C/c3noc(C(F)(F)F)n3)ccc21. The maximum absolute atomic E-state index is 12.6. The molecule has 6 nitrogen and oxygen atoms in total. The van der Waals surface area contributed by atoms with E-state index in [1.54, 1.807) is 6.08 Å². The number of aryl methyl sites for hydroxylation is 1. The molecule has 0 radical (unpaired) electrons. The lowest BCUT2D eigenvalue weighted by Gasteiger charge is -2.17. The number of hydrogen-bond donors (Lipinski definition) is 0. The van der Waals surface area contributed by atoms with Crippen molar-refractivity contribution in [2.24, 2.45) is 0 Å². The normalized spacial score (nSPS) is 12.6. The quantitative estimate of drug-likeness (QED) is 0.492. The number of nitrogens with zero attached hydrogens (tertiary/aromatic N) is 5. The number of rotatable bonds is 9. The van der Waals surface area contributed by atoms with E-state index in [9.17, 15) is 13.2 Å². The zero-order valence-corrected chi connectivity index (χ0v) is 17.4. The van der Waals surface area contributed by atoms with Gasteiger partial charge in [-0.3, -0.25) is 0 Å². The molecule has 0 saturated carbocycles. The third-order valence-electron chi connectivity index (χ3n) is 4.88. The van der Waals surface area contributed by atoms with Crippen LogP contribution in [0.15, 0.2) is 22.7 Å². The molecular formula is C21H26F3N5O. The molecule has 3 rings (SSSR count). The second-order valence-electron chi connectivity index (χ2n) is 7.23. The number of halogens is 3. The first-order valence-electron chi connectivity index (χ1n) is 10.1. The average Bonchev–Trinajstić information content (AvgIpc) is 3.33. The Morgan fingerprint density at radius 3 is 2.60 bits per heavy atom. The number of imidazole rings is 1. The number of benzene rings is 1. The summed E-state index contributed by atoms with van der Waals surface area (Å²) in [7, 11) is 2.13. The summed E-state index contributed by atoms with van der Waals surface area (Å²) >= 11 is 0. The maximum Gasteiger partial charge on any atom is 0.471 e. The summed E-state index contributed by atoms with van der Waals surface area (Å²) in [6.07, 6.45) is 1.57. The molecule has 0 unspecified atom stereocenters. The lowest BCUT2D eigenvalue weighted by Crippen LogP contribution is -2.24. The van der Waals surface area contributed by atoms with Gasteiger partial charge in [-0.05, 0) is 43.8 Å². The van der Waals surface area contributed by atoms with Crippen molar-refractivity contribution < 1.29 is 17.7 Å². The monoisotopic (exact) mass is 421 g/mol. The Balaban J connectivity index is 1.77. The summed E-state index contributed by atoms with van der Waals surface area (Å²) in [6, 6.07) is 5.81. The van der Waals surface area contributed by atoms with Gasteiger partial charge in [0, 0.05) is 19.5 Å². The molecule has 0 aliphatic heterocycles. The molecule has 2 aromatic heterocycles. The number of aromatic nitrogens is 4.